The normalized spacial score (nSPS) is 12.0. The first-order valence-electron chi connectivity index (χ1n) is 4.62. The molecule has 0 spiro atoms. The lowest BCUT2D eigenvalue weighted by Gasteiger charge is -2.00. The van der Waals surface area contributed by atoms with Gasteiger partial charge in [0.15, 0.2) is 0 Å². The maximum Gasteiger partial charge on any atom is 0.126 e. The topological polar surface area (TPSA) is 33.1 Å². The summed E-state index contributed by atoms with van der Waals surface area (Å²) in [6, 6.07) is 9.14. The van der Waals surface area contributed by atoms with Crippen molar-refractivity contribution in [1.82, 2.24) is 4.98 Å². The molecule has 2 aromatic rings. The second kappa shape index (κ2) is 4.19. The molecule has 0 atom stereocenters. The number of fused-ring (bicyclic) bond motifs is 1. The van der Waals surface area contributed by atoms with E-state index in [4.69, 9.17) is 5.11 Å². The molecule has 2 rings (SSSR count). The van der Waals surface area contributed by atoms with Crippen LogP contribution in [-0.4, -0.2) is 16.7 Å². The fourth-order valence-corrected chi connectivity index (χ4v) is 1.47. The van der Waals surface area contributed by atoms with Crippen molar-refractivity contribution in [3.8, 4) is 0 Å². The van der Waals surface area contributed by atoms with Crippen LogP contribution in [0.1, 0.15) is 5.56 Å². The minimum absolute atomic E-state index is 0.550. The van der Waals surface area contributed by atoms with E-state index in [-0.39, 0.29) is 0 Å². The van der Waals surface area contributed by atoms with E-state index >= 15 is 0 Å². The second-order valence-corrected chi connectivity index (χ2v) is 3.17. The smallest absolute Gasteiger partial charge is 0.126 e. The highest BCUT2D eigenvalue weighted by Crippen LogP contribution is 2.19. The summed E-state index contributed by atoms with van der Waals surface area (Å²) in [6.45, 7) is -0.573. The van der Waals surface area contributed by atoms with Crippen LogP contribution in [0.3, 0.4) is 0 Å². The average Bonchev–Trinajstić information content (AvgIpc) is 2.29. The molecule has 0 saturated carbocycles. The molecule has 2 nitrogen and oxygen atoms in total. The zero-order valence-corrected chi connectivity index (χ0v) is 8.02. The van der Waals surface area contributed by atoms with E-state index in [1.807, 2.05) is 18.2 Å². The van der Waals surface area contributed by atoms with Gasteiger partial charge in [-0.2, -0.15) is 0 Å². The van der Waals surface area contributed by atoms with Gasteiger partial charge in [-0.15, -0.1) is 0 Å². The van der Waals surface area contributed by atoms with Crippen LogP contribution in [0.25, 0.3) is 17.0 Å². The van der Waals surface area contributed by atoms with Crippen molar-refractivity contribution in [3.05, 3.63) is 47.9 Å². The van der Waals surface area contributed by atoms with Crippen molar-refractivity contribution in [2.24, 2.45) is 0 Å². The molecule has 3 heteroatoms. The lowest BCUT2D eigenvalue weighted by Crippen LogP contribution is -1.85. The molecule has 0 aliphatic heterocycles. The highest BCUT2D eigenvalue weighted by molar-refractivity contribution is 5.87. The third kappa shape index (κ3) is 2.02. The van der Waals surface area contributed by atoms with E-state index < -0.39 is 12.4 Å². The van der Waals surface area contributed by atoms with Gasteiger partial charge in [-0.25, -0.2) is 4.39 Å². The molecule has 0 unspecified atom stereocenters. The highest BCUT2D eigenvalue weighted by atomic mass is 19.1. The summed E-state index contributed by atoms with van der Waals surface area (Å²) in [5, 5.41) is 9.49. The van der Waals surface area contributed by atoms with Crippen molar-refractivity contribution >= 4 is 17.0 Å². The van der Waals surface area contributed by atoms with Crippen molar-refractivity contribution in [2.45, 2.75) is 0 Å². The summed E-state index contributed by atoms with van der Waals surface area (Å²) in [7, 11) is 0. The summed E-state index contributed by atoms with van der Waals surface area (Å²) in [5.41, 5.74) is 1.55. The van der Waals surface area contributed by atoms with Gasteiger partial charge in [0, 0.05) is 11.6 Å². The van der Waals surface area contributed by atoms with Gasteiger partial charge in [-0.3, -0.25) is 4.98 Å². The van der Waals surface area contributed by atoms with Gasteiger partial charge < -0.3 is 5.11 Å². The molecule has 0 amide bonds. The first-order chi connectivity index (χ1) is 7.31. The lowest BCUT2D eigenvalue weighted by molar-refractivity contribution is 0.300. The van der Waals surface area contributed by atoms with Gasteiger partial charge in [0.05, 0.1) is 12.1 Å². The Hall–Kier alpha value is -1.74. The molecule has 0 bridgehead atoms. The van der Waals surface area contributed by atoms with Crippen LogP contribution >= 0.6 is 0 Å². The highest BCUT2D eigenvalue weighted by Gasteiger charge is 1.99. The molecular formula is C12H10FNO. The van der Waals surface area contributed by atoms with E-state index in [2.05, 4.69) is 4.98 Å². The van der Waals surface area contributed by atoms with Gasteiger partial charge in [0.1, 0.15) is 5.83 Å². The number of halogens is 1. The summed E-state index contributed by atoms with van der Waals surface area (Å²) in [4.78, 5) is 4.16. The molecule has 1 N–H and O–H groups in total. The Bertz CT molecular complexity index is 502. The third-order valence-corrected chi connectivity index (χ3v) is 2.14. The number of rotatable bonds is 2. The maximum absolute atomic E-state index is 12.9. The predicted molar refractivity (Wildman–Crippen MR) is 57.9 cm³/mol. The number of aliphatic hydroxyl groups is 1. The Morgan fingerprint density at radius 1 is 1.33 bits per heavy atom. The minimum Gasteiger partial charge on any atom is -0.389 e. The molecule has 15 heavy (non-hydrogen) atoms. The number of pyridine rings is 1. The first kappa shape index (κ1) is 9.80. The van der Waals surface area contributed by atoms with Crippen LogP contribution in [0, 0.1) is 0 Å². The second-order valence-electron chi connectivity index (χ2n) is 3.17. The molecular weight excluding hydrogens is 193 g/mol. The van der Waals surface area contributed by atoms with E-state index in [0.29, 0.717) is 0 Å². The van der Waals surface area contributed by atoms with Gasteiger partial charge in [-0.05, 0) is 23.8 Å². The molecule has 1 heterocycles. The number of hydrogen-bond donors (Lipinski definition) is 1. The van der Waals surface area contributed by atoms with E-state index in [1.165, 1.54) is 6.08 Å². The number of nitrogens with zero attached hydrogens (tertiary/aromatic N) is 1. The van der Waals surface area contributed by atoms with Crippen LogP contribution in [-0.2, 0) is 0 Å². The van der Waals surface area contributed by atoms with Crippen LogP contribution in [0.4, 0.5) is 4.39 Å². The van der Waals surface area contributed by atoms with Crippen molar-refractivity contribution in [3.63, 3.8) is 0 Å². The zero-order chi connectivity index (χ0) is 10.7. The molecule has 0 saturated heterocycles. The predicted octanol–water partition coefficient (Wildman–Crippen LogP) is 2.54. The van der Waals surface area contributed by atoms with Crippen molar-refractivity contribution < 1.29 is 9.50 Å². The van der Waals surface area contributed by atoms with E-state index in [9.17, 15) is 4.39 Å². The van der Waals surface area contributed by atoms with Gasteiger partial charge in [0.25, 0.3) is 0 Å². The largest absolute Gasteiger partial charge is 0.389 e. The Morgan fingerprint density at radius 3 is 3.00 bits per heavy atom. The van der Waals surface area contributed by atoms with Crippen LogP contribution in [0.15, 0.2) is 42.4 Å². The third-order valence-electron chi connectivity index (χ3n) is 2.14. The molecule has 1 aromatic carbocycles. The first-order valence-corrected chi connectivity index (χ1v) is 4.62. The fourth-order valence-electron chi connectivity index (χ4n) is 1.47. The number of benzene rings is 1. The molecule has 1 aromatic heterocycles. The molecule has 0 aliphatic rings. The van der Waals surface area contributed by atoms with Crippen molar-refractivity contribution in [1.29, 1.82) is 0 Å². The fraction of sp³-hybridized carbons (Fsp3) is 0.0833. The van der Waals surface area contributed by atoms with Gasteiger partial charge in [-0.1, -0.05) is 18.2 Å². The number of hydrogen-bond acceptors (Lipinski definition) is 2. The van der Waals surface area contributed by atoms with Crippen LogP contribution in [0.2, 0.25) is 0 Å². The molecule has 0 radical (unpaired) electrons. The number of aliphatic hydroxyl groups excluding tert-OH is 1. The van der Waals surface area contributed by atoms with Crippen LogP contribution in [0.5, 0.6) is 0 Å². The zero-order valence-electron chi connectivity index (χ0n) is 8.02. The monoisotopic (exact) mass is 203 g/mol. The molecule has 76 valence electrons. The SMILES string of the molecule is OCC(F)=Cc1cccc2ncccc12. The Kier molecular flexibility index (Phi) is 2.74. The van der Waals surface area contributed by atoms with Crippen molar-refractivity contribution in [2.75, 3.05) is 6.61 Å². The summed E-state index contributed by atoms with van der Waals surface area (Å²) in [6.07, 6.45) is 3.02. The Labute approximate surface area is 86.7 Å². The lowest BCUT2D eigenvalue weighted by atomic mass is 10.1. The van der Waals surface area contributed by atoms with E-state index in [0.717, 1.165) is 16.5 Å². The van der Waals surface area contributed by atoms with Gasteiger partial charge in [0.2, 0.25) is 0 Å². The summed E-state index contributed by atoms with van der Waals surface area (Å²) >= 11 is 0. The summed E-state index contributed by atoms with van der Waals surface area (Å²) < 4.78 is 12.9. The molecule has 0 fully saturated rings. The Balaban J connectivity index is 2.61. The van der Waals surface area contributed by atoms with E-state index in [1.54, 1.807) is 18.3 Å². The minimum atomic E-state index is -0.573. The average molecular weight is 203 g/mol. The number of aromatic nitrogens is 1. The van der Waals surface area contributed by atoms with Crippen LogP contribution < -0.4 is 0 Å². The quantitative estimate of drug-likeness (QED) is 0.813. The van der Waals surface area contributed by atoms with Gasteiger partial charge >= 0.3 is 0 Å². The standard InChI is InChI=1S/C12H10FNO/c13-10(8-15)7-9-3-1-5-12-11(9)4-2-6-14-12/h1-7,15H,8H2. The summed E-state index contributed by atoms with van der Waals surface area (Å²) in [5.74, 6) is -0.550. The maximum atomic E-state index is 12.9. The molecule has 0 aliphatic carbocycles. The Morgan fingerprint density at radius 2 is 2.20 bits per heavy atom.